The van der Waals surface area contributed by atoms with Gasteiger partial charge < -0.3 is 15.0 Å². The molecule has 1 aromatic heterocycles. The van der Waals surface area contributed by atoms with Gasteiger partial charge in [-0.2, -0.15) is 5.10 Å². The molecule has 2 aliphatic rings. The number of benzene rings is 2. The van der Waals surface area contributed by atoms with E-state index in [0.29, 0.717) is 34.0 Å². The number of nitrogens with one attached hydrogen (secondary N) is 1. The first kappa shape index (κ1) is 25.2. The first-order chi connectivity index (χ1) is 17.6. The highest BCUT2D eigenvalue weighted by atomic mass is 35.5. The van der Waals surface area contributed by atoms with Crippen LogP contribution in [-0.4, -0.2) is 59.0 Å². The number of carbonyl (C=O) groups is 2. The van der Waals surface area contributed by atoms with Gasteiger partial charge in [0.2, 0.25) is 5.91 Å². The van der Waals surface area contributed by atoms with Gasteiger partial charge in [0.15, 0.2) is 15.5 Å². The van der Waals surface area contributed by atoms with Crippen LogP contribution in [0.2, 0.25) is 5.02 Å². The monoisotopic (exact) mass is 546 g/mol. The van der Waals surface area contributed by atoms with Crippen molar-refractivity contribution in [2.45, 2.75) is 25.6 Å². The topological polar surface area (TPSA) is 111 Å². The molecule has 0 radical (unpaired) electrons. The Morgan fingerprint density at radius 2 is 2.05 bits per heavy atom. The molecule has 1 unspecified atom stereocenters. The fraction of sp³-hybridized carbons (Fsp3) is 0.320. The van der Waals surface area contributed by atoms with Gasteiger partial charge in [0.05, 0.1) is 17.2 Å². The van der Waals surface area contributed by atoms with Crippen LogP contribution in [0, 0.1) is 5.82 Å². The number of fused-ring (bicyclic) bond motifs is 3. The first-order valence-corrected chi connectivity index (χ1v) is 13.8. The molecule has 1 saturated heterocycles. The van der Waals surface area contributed by atoms with Gasteiger partial charge in [-0.05, 0) is 30.7 Å². The van der Waals surface area contributed by atoms with Gasteiger partial charge in [0.1, 0.15) is 24.7 Å². The molecular weight excluding hydrogens is 523 g/mol. The average molecular weight is 547 g/mol. The Balaban J connectivity index is 1.45. The zero-order valence-corrected chi connectivity index (χ0v) is 21.5. The van der Waals surface area contributed by atoms with Gasteiger partial charge in [-0.1, -0.05) is 29.8 Å². The molecule has 9 nitrogen and oxygen atoms in total. The van der Waals surface area contributed by atoms with Crippen molar-refractivity contribution in [2.75, 3.05) is 18.1 Å². The SMILES string of the molecule is Cn1nc(C(=O)N(CC(=O)NC2CCS(=O)(=O)C2)Cc2ccccc2F)c2c1-c1cc(Cl)ccc1OC2. The van der Waals surface area contributed by atoms with Crippen LogP contribution < -0.4 is 10.1 Å². The quantitative estimate of drug-likeness (QED) is 0.509. The van der Waals surface area contributed by atoms with Crippen molar-refractivity contribution in [1.29, 1.82) is 0 Å². The number of aryl methyl sites for hydroxylation is 1. The number of rotatable bonds is 6. The largest absolute Gasteiger partial charge is 0.488 e. The van der Waals surface area contributed by atoms with Gasteiger partial charge >= 0.3 is 0 Å². The zero-order valence-electron chi connectivity index (χ0n) is 19.9. The summed E-state index contributed by atoms with van der Waals surface area (Å²) in [6.07, 6.45) is 0.308. The van der Waals surface area contributed by atoms with Crippen LogP contribution in [0.3, 0.4) is 0 Å². The van der Waals surface area contributed by atoms with Crippen LogP contribution in [0.15, 0.2) is 42.5 Å². The number of nitrogens with zero attached hydrogens (tertiary/aromatic N) is 3. The Labute approximate surface area is 218 Å². The van der Waals surface area contributed by atoms with E-state index in [9.17, 15) is 22.4 Å². The predicted octanol–water partition coefficient (Wildman–Crippen LogP) is 2.72. The molecule has 1 fully saturated rings. The molecule has 1 N–H and O–H groups in total. The van der Waals surface area contributed by atoms with E-state index < -0.39 is 40.1 Å². The van der Waals surface area contributed by atoms with Gasteiger partial charge in [-0.25, -0.2) is 12.8 Å². The number of amides is 2. The smallest absolute Gasteiger partial charge is 0.275 e. The lowest BCUT2D eigenvalue weighted by atomic mass is 10.0. The molecule has 3 heterocycles. The van der Waals surface area contributed by atoms with Crippen molar-refractivity contribution < 1.29 is 27.1 Å². The Bertz CT molecular complexity index is 1510. The zero-order chi connectivity index (χ0) is 26.3. The van der Waals surface area contributed by atoms with Crippen molar-refractivity contribution in [2.24, 2.45) is 7.05 Å². The number of ether oxygens (including phenoxy) is 1. The molecule has 37 heavy (non-hydrogen) atoms. The lowest BCUT2D eigenvalue weighted by molar-refractivity contribution is -0.122. The van der Waals surface area contributed by atoms with Crippen molar-refractivity contribution in [3.8, 4) is 17.0 Å². The number of aromatic nitrogens is 2. The van der Waals surface area contributed by atoms with Crippen LogP contribution in [0.5, 0.6) is 5.75 Å². The molecule has 0 spiro atoms. The summed E-state index contributed by atoms with van der Waals surface area (Å²) in [7, 11) is -1.50. The number of hydrogen-bond acceptors (Lipinski definition) is 6. The minimum Gasteiger partial charge on any atom is -0.488 e. The van der Waals surface area contributed by atoms with Crippen LogP contribution in [0.4, 0.5) is 4.39 Å². The molecule has 0 aliphatic carbocycles. The van der Waals surface area contributed by atoms with Gasteiger partial charge in [-0.3, -0.25) is 14.3 Å². The Morgan fingerprint density at radius 3 is 2.78 bits per heavy atom. The highest BCUT2D eigenvalue weighted by molar-refractivity contribution is 7.91. The second-order valence-corrected chi connectivity index (χ2v) is 11.8. The Kier molecular flexibility index (Phi) is 6.67. The van der Waals surface area contributed by atoms with E-state index in [0.717, 1.165) is 0 Å². The molecule has 5 rings (SSSR count). The van der Waals surface area contributed by atoms with Crippen LogP contribution in [0.1, 0.15) is 28.0 Å². The van der Waals surface area contributed by atoms with E-state index in [2.05, 4.69) is 10.4 Å². The van der Waals surface area contributed by atoms with Crippen molar-refractivity contribution >= 4 is 33.3 Å². The summed E-state index contributed by atoms with van der Waals surface area (Å²) in [5.41, 5.74) is 2.19. The maximum Gasteiger partial charge on any atom is 0.275 e. The summed E-state index contributed by atoms with van der Waals surface area (Å²) < 4.78 is 45.4. The average Bonchev–Trinajstić information content (AvgIpc) is 3.37. The Morgan fingerprint density at radius 1 is 1.27 bits per heavy atom. The summed E-state index contributed by atoms with van der Waals surface area (Å²) in [5.74, 6) is -1.17. The first-order valence-electron chi connectivity index (χ1n) is 11.6. The van der Waals surface area contributed by atoms with E-state index in [1.807, 2.05) is 0 Å². The molecular formula is C25H24ClFN4O5S. The lowest BCUT2D eigenvalue weighted by Crippen LogP contribution is -2.44. The van der Waals surface area contributed by atoms with Gasteiger partial charge in [0.25, 0.3) is 5.91 Å². The van der Waals surface area contributed by atoms with E-state index in [1.54, 1.807) is 36.0 Å². The third-order valence-electron chi connectivity index (χ3n) is 6.45. The summed E-state index contributed by atoms with van der Waals surface area (Å²) >= 11 is 6.19. The maximum atomic E-state index is 14.5. The number of hydrogen-bond donors (Lipinski definition) is 1. The third kappa shape index (κ3) is 5.19. The standard InChI is InChI=1S/C25H24ClFN4O5S/c1-30-24-18-10-16(26)6-7-21(18)36-13-19(24)23(29-30)25(33)31(11-15-4-2-3-5-20(15)27)12-22(32)28-17-8-9-37(34,35)14-17/h2-7,10,17H,8-9,11-14H2,1H3,(H,28,32). The molecule has 3 aromatic rings. The molecule has 1 atom stereocenters. The molecule has 2 aliphatic heterocycles. The van der Waals surface area contributed by atoms with Crippen molar-refractivity contribution in [3.63, 3.8) is 0 Å². The maximum absolute atomic E-state index is 14.5. The van der Waals surface area contributed by atoms with Crippen molar-refractivity contribution in [1.82, 2.24) is 20.0 Å². The number of sulfone groups is 1. The lowest BCUT2D eigenvalue weighted by Gasteiger charge is -2.24. The van der Waals surface area contributed by atoms with E-state index in [-0.39, 0.29) is 35.9 Å². The summed E-state index contributed by atoms with van der Waals surface area (Å²) in [5, 5.41) is 7.62. The van der Waals surface area contributed by atoms with E-state index in [1.165, 1.54) is 23.1 Å². The fourth-order valence-electron chi connectivity index (χ4n) is 4.71. The summed E-state index contributed by atoms with van der Waals surface area (Å²) in [6.45, 7) is -0.507. The fourth-order valence-corrected chi connectivity index (χ4v) is 6.56. The minimum atomic E-state index is -3.20. The van der Waals surface area contributed by atoms with E-state index >= 15 is 0 Å². The predicted molar refractivity (Wildman–Crippen MR) is 134 cm³/mol. The third-order valence-corrected chi connectivity index (χ3v) is 8.46. The van der Waals surface area contributed by atoms with Crippen LogP contribution >= 0.6 is 11.6 Å². The molecule has 2 aromatic carbocycles. The van der Waals surface area contributed by atoms with Crippen molar-refractivity contribution in [3.05, 3.63) is 70.1 Å². The second kappa shape index (κ2) is 9.79. The minimum absolute atomic E-state index is 0.00137. The summed E-state index contributed by atoms with van der Waals surface area (Å²) in [4.78, 5) is 27.8. The van der Waals surface area contributed by atoms with Gasteiger partial charge in [0, 0.05) is 41.3 Å². The van der Waals surface area contributed by atoms with Crippen LogP contribution in [-0.2, 0) is 34.8 Å². The summed E-state index contributed by atoms with van der Waals surface area (Å²) in [6, 6.07) is 10.6. The van der Waals surface area contributed by atoms with Gasteiger partial charge in [-0.15, -0.1) is 0 Å². The normalized spacial score (nSPS) is 17.4. The molecule has 2 amide bonds. The Hall–Kier alpha value is -3.44. The molecule has 0 saturated carbocycles. The molecule has 12 heteroatoms. The number of carbonyl (C=O) groups excluding carboxylic acids is 2. The molecule has 194 valence electrons. The highest BCUT2D eigenvalue weighted by Crippen LogP contribution is 2.40. The second-order valence-electron chi connectivity index (χ2n) is 9.15. The van der Waals surface area contributed by atoms with Crippen LogP contribution in [0.25, 0.3) is 11.3 Å². The number of halogens is 2. The highest BCUT2D eigenvalue weighted by Gasteiger charge is 2.33. The van der Waals surface area contributed by atoms with E-state index in [4.69, 9.17) is 16.3 Å². The molecule has 0 bridgehead atoms.